The molecule has 0 bridgehead atoms. The van der Waals surface area contributed by atoms with Crippen LogP contribution < -0.4 is 5.32 Å². The summed E-state index contributed by atoms with van der Waals surface area (Å²) in [4.78, 5) is 37.7. The minimum atomic E-state index is -1.27. The summed E-state index contributed by atoms with van der Waals surface area (Å²) in [6.45, 7) is 0. The van der Waals surface area contributed by atoms with Crippen molar-refractivity contribution < 1.29 is 24.2 Å². The third-order valence-corrected chi connectivity index (χ3v) is 2.88. The number of hydrogen-bond donors (Lipinski definition) is 2. The number of nitrogens with one attached hydrogen (secondary N) is 1. The lowest BCUT2D eigenvalue weighted by molar-refractivity contribution is -0.142. The minimum Gasteiger partial charge on any atom is -0.480 e. The van der Waals surface area contributed by atoms with Crippen molar-refractivity contribution in [1.29, 1.82) is 0 Å². The number of carbonyl (C=O) groups is 3. The summed E-state index contributed by atoms with van der Waals surface area (Å²) < 4.78 is 4.41. The SMILES string of the molecule is COC(=O)CCC(NC(=O)c1cc(Cl)nc(Cl)c1)C(=O)O. The van der Waals surface area contributed by atoms with E-state index in [1.165, 1.54) is 19.2 Å². The molecule has 1 rings (SSSR count). The molecule has 1 atom stereocenters. The molecule has 1 unspecified atom stereocenters. The fraction of sp³-hybridized carbons (Fsp3) is 0.333. The number of carbonyl (C=O) groups excluding carboxylic acids is 2. The van der Waals surface area contributed by atoms with Crippen LogP contribution in [-0.4, -0.2) is 41.1 Å². The molecule has 114 valence electrons. The van der Waals surface area contributed by atoms with Crippen molar-refractivity contribution in [3.8, 4) is 0 Å². The Bertz CT molecular complexity index is 544. The molecule has 7 nitrogen and oxygen atoms in total. The van der Waals surface area contributed by atoms with Crippen LogP contribution in [0.4, 0.5) is 0 Å². The molecule has 0 radical (unpaired) electrons. The molecule has 1 aromatic heterocycles. The van der Waals surface area contributed by atoms with E-state index in [4.69, 9.17) is 28.3 Å². The number of carboxylic acid groups (broad SMARTS) is 1. The van der Waals surface area contributed by atoms with Gasteiger partial charge in [-0.3, -0.25) is 9.59 Å². The fourth-order valence-electron chi connectivity index (χ4n) is 1.46. The summed E-state index contributed by atoms with van der Waals surface area (Å²) in [5.74, 6) is -2.51. The lowest BCUT2D eigenvalue weighted by atomic mass is 10.1. The highest BCUT2D eigenvalue weighted by atomic mass is 35.5. The first-order chi connectivity index (χ1) is 9.83. The zero-order valence-corrected chi connectivity index (χ0v) is 12.4. The molecular formula is C12H12Cl2N2O5. The molecule has 0 fully saturated rings. The Morgan fingerprint density at radius 2 is 1.90 bits per heavy atom. The summed E-state index contributed by atoms with van der Waals surface area (Å²) in [5.41, 5.74) is 0.0734. The Balaban J connectivity index is 2.76. The highest BCUT2D eigenvalue weighted by Gasteiger charge is 2.22. The number of nitrogens with zero attached hydrogens (tertiary/aromatic N) is 1. The molecule has 0 saturated carbocycles. The Kier molecular flexibility index (Phi) is 6.39. The number of esters is 1. The van der Waals surface area contributed by atoms with Crippen LogP contribution in [0.25, 0.3) is 0 Å². The zero-order chi connectivity index (χ0) is 16.0. The Morgan fingerprint density at radius 1 is 1.33 bits per heavy atom. The van der Waals surface area contributed by atoms with E-state index in [1.54, 1.807) is 0 Å². The van der Waals surface area contributed by atoms with Gasteiger partial charge in [0, 0.05) is 12.0 Å². The van der Waals surface area contributed by atoms with E-state index in [9.17, 15) is 14.4 Å². The average molecular weight is 335 g/mol. The zero-order valence-electron chi connectivity index (χ0n) is 10.9. The predicted octanol–water partition coefficient (Wildman–Crippen LogP) is 1.52. The van der Waals surface area contributed by atoms with Gasteiger partial charge in [-0.2, -0.15) is 0 Å². The maximum atomic E-state index is 11.9. The molecule has 2 N–H and O–H groups in total. The first-order valence-corrected chi connectivity index (χ1v) is 6.52. The van der Waals surface area contributed by atoms with E-state index in [2.05, 4.69) is 15.0 Å². The number of hydrogen-bond acceptors (Lipinski definition) is 5. The Morgan fingerprint density at radius 3 is 2.38 bits per heavy atom. The highest BCUT2D eigenvalue weighted by molar-refractivity contribution is 6.33. The number of rotatable bonds is 6. The van der Waals surface area contributed by atoms with Gasteiger partial charge in [0.25, 0.3) is 5.91 Å². The van der Waals surface area contributed by atoms with E-state index in [0.717, 1.165) is 0 Å². The van der Waals surface area contributed by atoms with Crippen LogP contribution in [0.2, 0.25) is 10.3 Å². The molecular weight excluding hydrogens is 323 g/mol. The summed E-state index contributed by atoms with van der Waals surface area (Å²) in [6.07, 6.45) is -0.230. The molecule has 0 aliphatic carbocycles. The first kappa shape index (κ1) is 17.2. The minimum absolute atomic E-state index is 0.00841. The maximum Gasteiger partial charge on any atom is 0.326 e. The van der Waals surface area contributed by atoms with Crippen LogP contribution in [-0.2, 0) is 14.3 Å². The van der Waals surface area contributed by atoms with Crippen molar-refractivity contribution in [1.82, 2.24) is 10.3 Å². The molecule has 0 spiro atoms. The van der Waals surface area contributed by atoms with Gasteiger partial charge in [-0.1, -0.05) is 23.2 Å². The number of ether oxygens (including phenoxy) is 1. The number of aromatic nitrogens is 1. The van der Waals surface area contributed by atoms with Gasteiger partial charge in [0.05, 0.1) is 7.11 Å². The monoisotopic (exact) mass is 334 g/mol. The fourth-order valence-corrected chi connectivity index (χ4v) is 1.92. The number of amides is 1. The second-order valence-corrected chi connectivity index (χ2v) is 4.75. The Hall–Kier alpha value is -1.86. The van der Waals surface area contributed by atoms with Crippen LogP contribution in [0.1, 0.15) is 23.2 Å². The average Bonchev–Trinajstić information content (AvgIpc) is 2.41. The van der Waals surface area contributed by atoms with Gasteiger partial charge in [0.2, 0.25) is 0 Å². The van der Waals surface area contributed by atoms with E-state index >= 15 is 0 Å². The second-order valence-electron chi connectivity index (χ2n) is 3.98. The number of carboxylic acids is 1. The van der Waals surface area contributed by atoms with Crippen molar-refractivity contribution >= 4 is 41.0 Å². The van der Waals surface area contributed by atoms with Crippen LogP contribution in [0.3, 0.4) is 0 Å². The molecule has 0 saturated heterocycles. The van der Waals surface area contributed by atoms with Crippen LogP contribution in [0, 0.1) is 0 Å². The number of pyridine rings is 1. The van der Waals surface area contributed by atoms with Gasteiger partial charge in [-0.05, 0) is 18.6 Å². The van der Waals surface area contributed by atoms with Gasteiger partial charge < -0.3 is 15.2 Å². The highest BCUT2D eigenvalue weighted by Crippen LogP contribution is 2.15. The van der Waals surface area contributed by atoms with Gasteiger partial charge in [-0.15, -0.1) is 0 Å². The molecule has 1 amide bonds. The van der Waals surface area contributed by atoms with Crippen molar-refractivity contribution in [3.63, 3.8) is 0 Å². The third-order valence-electron chi connectivity index (χ3n) is 2.49. The van der Waals surface area contributed by atoms with E-state index in [0.29, 0.717) is 0 Å². The Labute approximate surface area is 130 Å². The quantitative estimate of drug-likeness (QED) is 0.603. The van der Waals surface area contributed by atoms with Crippen LogP contribution >= 0.6 is 23.2 Å². The van der Waals surface area contributed by atoms with Gasteiger partial charge >= 0.3 is 11.9 Å². The third kappa shape index (κ3) is 5.57. The lowest BCUT2D eigenvalue weighted by Gasteiger charge is -2.14. The molecule has 0 aromatic carbocycles. The van der Waals surface area contributed by atoms with Crippen molar-refractivity contribution in [3.05, 3.63) is 28.0 Å². The van der Waals surface area contributed by atoms with Crippen molar-refractivity contribution in [2.45, 2.75) is 18.9 Å². The molecule has 0 aliphatic rings. The second kappa shape index (κ2) is 7.80. The maximum absolute atomic E-state index is 11.9. The number of methoxy groups -OCH3 is 1. The summed E-state index contributed by atoms with van der Waals surface area (Å²) in [6, 6.07) is 1.27. The summed E-state index contributed by atoms with van der Waals surface area (Å²) >= 11 is 11.3. The summed E-state index contributed by atoms with van der Waals surface area (Å²) in [7, 11) is 1.19. The standard InChI is InChI=1S/C12H12Cl2N2O5/c1-21-10(17)3-2-7(12(19)20)15-11(18)6-4-8(13)16-9(14)5-6/h4-5,7H,2-3H2,1H3,(H,15,18)(H,19,20). The van der Waals surface area contributed by atoms with Gasteiger partial charge in [0.1, 0.15) is 16.3 Å². The van der Waals surface area contributed by atoms with Crippen LogP contribution in [0.5, 0.6) is 0 Å². The van der Waals surface area contributed by atoms with Crippen LogP contribution in [0.15, 0.2) is 12.1 Å². The normalized spacial score (nSPS) is 11.6. The smallest absolute Gasteiger partial charge is 0.326 e. The first-order valence-electron chi connectivity index (χ1n) is 5.77. The number of aliphatic carboxylic acids is 1. The van der Waals surface area contributed by atoms with Crippen molar-refractivity contribution in [2.24, 2.45) is 0 Å². The van der Waals surface area contributed by atoms with Gasteiger partial charge in [0.15, 0.2) is 0 Å². The molecule has 1 aromatic rings. The van der Waals surface area contributed by atoms with Gasteiger partial charge in [-0.25, -0.2) is 9.78 Å². The molecule has 21 heavy (non-hydrogen) atoms. The topological polar surface area (TPSA) is 106 Å². The summed E-state index contributed by atoms with van der Waals surface area (Å²) in [5, 5.41) is 11.3. The van der Waals surface area contributed by atoms with E-state index < -0.39 is 23.9 Å². The van der Waals surface area contributed by atoms with E-state index in [-0.39, 0.29) is 28.7 Å². The molecule has 9 heteroatoms. The lowest BCUT2D eigenvalue weighted by Crippen LogP contribution is -2.41. The molecule has 1 heterocycles. The van der Waals surface area contributed by atoms with E-state index in [1.807, 2.05) is 0 Å². The van der Waals surface area contributed by atoms with Crippen molar-refractivity contribution in [2.75, 3.05) is 7.11 Å². The number of halogens is 2. The molecule has 0 aliphatic heterocycles. The largest absolute Gasteiger partial charge is 0.480 e. The predicted molar refractivity (Wildman–Crippen MR) is 74.4 cm³/mol.